The molecular formula is C24H25FN2O2. The van der Waals surface area contributed by atoms with Gasteiger partial charge in [0, 0.05) is 0 Å². The van der Waals surface area contributed by atoms with E-state index in [0.717, 1.165) is 16.3 Å². The number of rotatable bonds is 6. The average molecular weight is 392 g/mol. The van der Waals surface area contributed by atoms with Gasteiger partial charge < -0.3 is 10.6 Å². The Morgan fingerprint density at radius 1 is 0.828 bits per heavy atom. The van der Waals surface area contributed by atoms with E-state index in [4.69, 9.17) is 0 Å². The fourth-order valence-corrected chi connectivity index (χ4v) is 3.41. The Morgan fingerprint density at radius 2 is 1.48 bits per heavy atom. The van der Waals surface area contributed by atoms with Crippen LogP contribution in [0.25, 0.3) is 10.8 Å². The van der Waals surface area contributed by atoms with Crippen molar-refractivity contribution in [1.82, 2.24) is 10.6 Å². The molecule has 5 heteroatoms. The SMILES string of the molecule is CC(NC(=O)[C@@H](NC(=O)c1ccccc1F)C(C)C)c1cccc2ccccc12. The summed E-state index contributed by atoms with van der Waals surface area (Å²) in [6.45, 7) is 5.60. The number of hydrogen-bond acceptors (Lipinski definition) is 2. The van der Waals surface area contributed by atoms with E-state index in [1.807, 2.05) is 63.2 Å². The Kier molecular flexibility index (Phi) is 6.27. The second-order valence-corrected chi connectivity index (χ2v) is 7.47. The van der Waals surface area contributed by atoms with Crippen molar-refractivity contribution in [2.75, 3.05) is 0 Å². The van der Waals surface area contributed by atoms with Gasteiger partial charge in [-0.2, -0.15) is 0 Å². The molecule has 2 atom stereocenters. The molecule has 0 aromatic heterocycles. The van der Waals surface area contributed by atoms with Gasteiger partial charge in [-0.3, -0.25) is 9.59 Å². The molecule has 1 unspecified atom stereocenters. The van der Waals surface area contributed by atoms with Crippen molar-refractivity contribution in [2.45, 2.75) is 32.9 Å². The molecule has 3 rings (SSSR count). The first kappa shape index (κ1) is 20.5. The number of amides is 2. The van der Waals surface area contributed by atoms with Crippen molar-refractivity contribution >= 4 is 22.6 Å². The van der Waals surface area contributed by atoms with Crippen LogP contribution in [0.15, 0.2) is 66.7 Å². The van der Waals surface area contributed by atoms with Gasteiger partial charge in [-0.1, -0.05) is 68.4 Å². The lowest BCUT2D eigenvalue weighted by Gasteiger charge is -2.25. The van der Waals surface area contributed by atoms with Crippen LogP contribution < -0.4 is 10.6 Å². The second-order valence-electron chi connectivity index (χ2n) is 7.47. The van der Waals surface area contributed by atoms with Gasteiger partial charge in [0.1, 0.15) is 11.9 Å². The molecule has 0 radical (unpaired) electrons. The summed E-state index contributed by atoms with van der Waals surface area (Å²) in [6, 6.07) is 18.7. The van der Waals surface area contributed by atoms with E-state index < -0.39 is 17.8 Å². The van der Waals surface area contributed by atoms with Gasteiger partial charge in [-0.25, -0.2) is 4.39 Å². The largest absolute Gasteiger partial charge is 0.348 e. The molecule has 0 fully saturated rings. The number of benzene rings is 3. The van der Waals surface area contributed by atoms with Gasteiger partial charge in [0.05, 0.1) is 11.6 Å². The van der Waals surface area contributed by atoms with E-state index >= 15 is 0 Å². The van der Waals surface area contributed by atoms with Crippen LogP contribution in [0.1, 0.15) is 42.7 Å². The highest BCUT2D eigenvalue weighted by Crippen LogP contribution is 2.24. The highest BCUT2D eigenvalue weighted by Gasteiger charge is 2.27. The van der Waals surface area contributed by atoms with E-state index in [2.05, 4.69) is 10.6 Å². The molecule has 0 heterocycles. The molecule has 3 aromatic rings. The van der Waals surface area contributed by atoms with E-state index in [1.54, 1.807) is 6.07 Å². The van der Waals surface area contributed by atoms with Crippen LogP contribution in [0, 0.1) is 11.7 Å². The summed E-state index contributed by atoms with van der Waals surface area (Å²) < 4.78 is 13.9. The molecule has 0 bridgehead atoms. The lowest BCUT2D eigenvalue weighted by atomic mass is 9.98. The maximum atomic E-state index is 13.9. The number of nitrogens with one attached hydrogen (secondary N) is 2. The summed E-state index contributed by atoms with van der Waals surface area (Å²) in [5.74, 6) is -1.68. The van der Waals surface area contributed by atoms with E-state index in [1.165, 1.54) is 18.2 Å². The molecule has 3 aromatic carbocycles. The van der Waals surface area contributed by atoms with Gasteiger partial charge in [0.25, 0.3) is 5.91 Å². The van der Waals surface area contributed by atoms with Gasteiger partial charge >= 0.3 is 0 Å². The van der Waals surface area contributed by atoms with E-state index in [0.29, 0.717) is 0 Å². The third-order valence-electron chi connectivity index (χ3n) is 5.00. The molecular weight excluding hydrogens is 367 g/mol. The monoisotopic (exact) mass is 392 g/mol. The zero-order valence-corrected chi connectivity index (χ0v) is 16.8. The van der Waals surface area contributed by atoms with Gasteiger partial charge in [0.2, 0.25) is 5.91 Å². The maximum Gasteiger partial charge on any atom is 0.254 e. The summed E-state index contributed by atoms with van der Waals surface area (Å²) in [4.78, 5) is 25.4. The molecule has 0 aliphatic rings. The third-order valence-corrected chi connectivity index (χ3v) is 5.00. The molecule has 2 amide bonds. The van der Waals surface area contributed by atoms with Crippen LogP contribution >= 0.6 is 0 Å². The van der Waals surface area contributed by atoms with Crippen molar-refractivity contribution in [3.05, 3.63) is 83.7 Å². The number of carbonyl (C=O) groups is 2. The minimum Gasteiger partial charge on any atom is -0.348 e. The topological polar surface area (TPSA) is 58.2 Å². The van der Waals surface area contributed by atoms with Gasteiger partial charge in [-0.15, -0.1) is 0 Å². The zero-order chi connectivity index (χ0) is 21.0. The van der Waals surface area contributed by atoms with Crippen LogP contribution in [0.4, 0.5) is 4.39 Å². The first-order valence-electron chi connectivity index (χ1n) is 9.72. The van der Waals surface area contributed by atoms with E-state index in [9.17, 15) is 14.0 Å². The third kappa shape index (κ3) is 4.62. The second kappa shape index (κ2) is 8.86. The Labute approximate surface area is 170 Å². The average Bonchev–Trinajstić information content (AvgIpc) is 2.71. The molecule has 0 saturated carbocycles. The highest BCUT2D eigenvalue weighted by molar-refractivity contribution is 5.98. The van der Waals surface area contributed by atoms with Gasteiger partial charge in [0.15, 0.2) is 0 Å². The van der Waals surface area contributed by atoms with Crippen LogP contribution in [-0.4, -0.2) is 17.9 Å². The van der Waals surface area contributed by atoms with Crippen molar-refractivity contribution in [1.29, 1.82) is 0 Å². The lowest BCUT2D eigenvalue weighted by Crippen LogP contribution is -2.50. The van der Waals surface area contributed by atoms with Crippen LogP contribution in [0.2, 0.25) is 0 Å². The predicted molar refractivity (Wildman–Crippen MR) is 113 cm³/mol. The maximum absolute atomic E-state index is 13.9. The van der Waals surface area contributed by atoms with Crippen LogP contribution in [-0.2, 0) is 4.79 Å². The summed E-state index contributed by atoms with van der Waals surface area (Å²) in [5, 5.41) is 7.84. The minimum atomic E-state index is -0.778. The molecule has 4 nitrogen and oxygen atoms in total. The first-order valence-corrected chi connectivity index (χ1v) is 9.72. The van der Waals surface area contributed by atoms with Crippen LogP contribution in [0.5, 0.6) is 0 Å². The molecule has 0 saturated heterocycles. The number of hydrogen-bond donors (Lipinski definition) is 2. The zero-order valence-electron chi connectivity index (χ0n) is 16.8. The fourth-order valence-electron chi connectivity index (χ4n) is 3.41. The van der Waals surface area contributed by atoms with Crippen molar-refractivity contribution in [3.63, 3.8) is 0 Å². The first-order chi connectivity index (χ1) is 13.9. The normalized spacial score (nSPS) is 13.1. The summed E-state index contributed by atoms with van der Waals surface area (Å²) >= 11 is 0. The predicted octanol–water partition coefficient (Wildman–Crippen LogP) is 4.61. The fraction of sp³-hybridized carbons (Fsp3) is 0.250. The van der Waals surface area contributed by atoms with E-state index in [-0.39, 0.29) is 23.4 Å². The Hall–Kier alpha value is -3.21. The van der Waals surface area contributed by atoms with Crippen molar-refractivity contribution < 1.29 is 14.0 Å². The summed E-state index contributed by atoms with van der Waals surface area (Å²) in [6.07, 6.45) is 0. The summed E-state index contributed by atoms with van der Waals surface area (Å²) in [5.41, 5.74) is 0.924. The Morgan fingerprint density at radius 3 is 2.21 bits per heavy atom. The molecule has 150 valence electrons. The lowest BCUT2D eigenvalue weighted by molar-refractivity contribution is -0.124. The minimum absolute atomic E-state index is 0.0759. The molecule has 0 aliphatic carbocycles. The molecule has 29 heavy (non-hydrogen) atoms. The Balaban J connectivity index is 1.77. The number of carbonyl (C=O) groups excluding carboxylic acids is 2. The molecule has 0 aliphatic heterocycles. The standard InChI is InChI=1S/C24H25FN2O2/c1-15(2)22(27-23(28)20-12-6-7-14-21(20)25)24(29)26-16(3)18-13-8-10-17-9-4-5-11-19(17)18/h4-16,22H,1-3H3,(H,26,29)(H,27,28)/t16?,22-/m0/s1. The number of halogens is 1. The smallest absolute Gasteiger partial charge is 0.254 e. The Bertz CT molecular complexity index is 1030. The van der Waals surface area contributed by atoms with Gasteiger partial charge in [-0.05, 0) is 41.3 Å². The summed E-state index contributed by atoms with van der Waals surface area (Å²) in [7, 11) is 0. The number of fused-ring (bicyclic) bond motifs is 1. The van der Waals surface area contributed by atoms with Crippen molar-refractivity contribution in [3.8, 4) is 0 Å². The molecule has 0 spiro atoms. The van der Waals surface area contributed by atoms with Crippen LogP contribution in [0.3, 0.4) is 0 Å². The molecule has 2 N–H and O–H groups in total. The van der Waals surface area contributed by atoms with Crippen molar-refractivity contribution in [2.24, 2.45) is 5.92 Å². The quantitative estimate of drug-likeness (QED) is 0.644. The highest BCUT2D eigenvalue weighted by atomic mass is 19.1.